The van der Waals surface area contributed by atoms with Crippen molar-refractivity contribution in [3.05, 3.63) is 34.5 Å². The van der Waals surface area contributed by atoms with E-state index >= 15 is 0 Å². The molecule has 1 saturated heterocycles. The molecule has 1 aliphatic rings. The third-order valence-corrected chi connectivity index (χ3v) is 4.21. The Bertz CT molecular complexity index is 553. The summed E-state index contributed by atoms with van der Waals surface area (Å²) >= 11 is 6.12. The van der Waals surface area contributed by atoms with Crippen LogP contribution in [0.25, 0.3) is 10.9 Å². The monoisotopic (exact) mass is 262 g/mol. The first-order valence-corrected chi connectivity index (χ1v) is 7.09. The highest BCUT2D eigenvalue weighted by molar-refractivity contribution is 6.31. The number of benzene rings is 1. The molecule has 18 heavy (non-hydrogen) atoms. The van der Waals surface area contributed by atoms with Crippen LogP contribution in [0.2, 0.25) is 5.02 Å². The molecule has 1 unspecified atom stereocenters. The second-order valence-electron chi connectivity index (χ2n) is 5.33. The summed E-state index contributed by atoms with van der Waals surface area (Å²) in [7, 11) is 0. The van der Waals surface area contributed by atoms with Gasteiger partial charge in [0.15, 0.2) is 0 Å². The van der Waals surface area contributed by atoms with E-state index in [0.717, 1.165) is 23.9 Å². The minimum Gasteiger partial charge on any atom is -0.358 e. The number of hydrogen-bond acceptors (Lipinski definition) is 1. The van der Waals surface area contributed by atoms with Crippen LogP contribution in [-0.4, -0.2) is 18.1 Å². The summed E-state index contributed by atoms with van der Waals surface area (Å²) in [6.45, 7) is 4.49. The Balaban J connectivity index is 1.94. The molecule has 0 aliphatic carbocycles. The van der Waals surface area contributed by atoms with Gasteiger partial charge in [-0.25, -0.2) is 0 Å². The van der Waals surface area contributed by atoms with Crippen LogP contribution in [0.4, 0.5) is 0 Å². The van der Waals surface area contributed by atoms with Gasteiger partial charge in [-0.2, -0.15) is 0 Å². The van der Waals surface area contributed by atoms with Crippen molar-refractivity contribution >= 4 is 22.5 Å². The molecule has 3 rings (SSSR count). The topological polar surface area (TPSA) is 27.8 Å². The van der Waals surface area contributed by atoms with E-state index in [0.29, 0.717) is 0 Å². The van der Waals surface area contributed by atoms with Gasteiger partial charge in [0.1, 0.15) is 0 Å². The number of aryl methyl sites for hydroxylation is 1. The van der Waals surface area contributed by atoms with Crippen molar-refractivity contribution in [2.24, 2.45) is 5.92 Å². The van der Waals surface area contributed by atoms with Crippen molar-refractivity contribution in [2.75, 3.05) is 13.1 Å². The fourth-order valence-corrected chi connectivity index (χ4v) is 3.18. The predicted octanol–water partition coefficient (Wildman–Crippen LogP) is 3.67. The number of H-pyrrole nitrogens is 1. The number of piperidine rings is 1. The molecule has 2 aromatic rings. The molecule has 0 bridgehead atoms. The van der Waals surface area contributed by atoms with Gasteiger partial charge in [-0.3, -0.25) is 0 Å². The van der Waals surface area contributed by atoms with Gasteiger partial charge in [-0.1, -0.05) is 11.6 Å². The van der Waals surface area contributed by atoms with Crippen LogP contribution < -0.4 is 5.32 Å². The van der Waals surface area contributed by atoms with Gasteiger partial charge in [0.25, 0.3) is 0 Å². The van der Waals surface area contributed by atoms with Crippen molar-refractivity contribution in [3.63, 3.8) is 0 Å². The molecule has 3 heteroatoms. The number of hydrogen-bond donors (Lipinski definition) is 2. The molecule has 2 N–H and O–H groups in total. The highest BCUT2D eigenvalue weighted by atomic mass is 35.5. The fraction of sp³-hybridized carbons (Fsp3) is 0.467. The zero-order valence-corrected chi connectivity index (χ0v) is 11.5. The number of fused-ring (bicyclic) bond motifs is 1. The lowest BCUT2D eigenvalue weighted by molar-refractivity contribution is 0.376. The Morgan fingerprint density at radius 1 is 1.39 bits per heavy atom. The Morgan fingerprint density at radius 3 is 3.06 bits per heavy atom. The van der Waals surface area contributed by atoms with E-state index in [9.17, 15) is 0 Å². The molecule has 2 nitrogen and oxygen atoms in total. The van der Waals surface area contributed by atoms with Crippen molar-refractivity contribution < 1.29 is 0 Å². The molecule has 0 spiro atoms. The number of halogens is 1. The summed E-state index contributed by atoms with van der Waals surface area (Å²) in [6.07, 6.45) is 3.78. The third-order valence-electron chi connectivity index (χ3n) is 3.97. The molecule has 1 atom stereocenters. The number of aromatic amines is 1. The Hall–Kier alpha value is -0.990. The summed E-state index contributed by atoms with van der Waals surface area (Å²) in [5.74, 6) is 0.760. The first-order valence-electron chi connectivity index (χ1n) is 6.71. The maximum Gasteiger partial charge on any atom is 0.0459 e. The molecule has 0 saturated carbocycles. The highest BCUT2D eigenvalue weighted by Crippen LogP contribution is 2.28. The van der Waals surface area contributed by atoms with Crippen molar-refractivity contribution in [1.82, 2.24) is 10.3 Å². The second kappa shape index (κ2) is 4.94. The summed E-state index contributed by atoms with van der Waals surface area (Å²) in [5.41, 5.74) is 3.94. The van der Waals surface area contributed by atoms with E-state index in [2.05, 4.69) is 29.4 Å². The zero-order chi connectivity index (χ0) is 12.5. The van der Waals surface area contributed by atoms with Crippen molar-refractivity contribution in [1.29, 1.82) is 0 Å². The fourth-order valence-electron chi connectivity index (χ4n) is 3.00. The van der Waals surface area contributed by atoms with Gasteiger partial charge in [0.2, 0.25) is 0 Å². The van der Waals surface area contributed by atoms with Crippen molar-refractivity contribution in [3.8, 4) is 0 Å². The van der Waals surface area contributed by atoms with Gasteiger partial charge in [0, 0.05) is 21.6 Å². The maximum atomic E-state index is 6.12. The minimum absolute atomic E-state index is 0.760. The van der Waals surface area contributed by atoms with Crippen LogP contribution in [0, 0.1) is 12.8 Å². The minimum atomic E-state index is 0.760. The van der Waals surface area contributed by atoms with Gasteiger partial charge < -0.3 is 10.3 Å². The van der Waals surface area contributed by atoms with Gasteiger partial charge in [-0.05, 0) is 69.0 Å². The first-order chi connectivity index (χ1) is 8.74. The average Bonchev–Trinajstić information content (AvgIpc) is 2.67. The van der Waals surface area contributed by atoms with Gasteiger partial charge in [0.05, 0.1) is 0 Å². The third kappa shape index (κ3) is 2.27. The maximum absolute atomic E-state index is 6.12. The Kier molecular flexibility index (Phi) is 3.31. The Labute approximate surface area is 113 Å². The molecule has 1 aromatic heterocycles. The second-order valence-corrected chi connectivity index (χ2v) is 5.77. The first kappa shape index (κ1) is 12.1. The summed E-state index contributed by atoms with van der Waals surface area (Å²) in [6, 6.07) is 6.12. The SMILES string of the molecule is Cc1[nH]c2ccc(Cl)cc2c1CC1CCCNC1. The number of nitrogens with one attached hydrogen (secondary N) is 2. The van der Waals surface area contributed by atoms with E-state index in [1.54, 1.807) is 0 Å². The van der Waals surface area contributed by atoms with Crippen molar-refractivity contribution in [2.45, 2.75) is 26.2 Å². The van der Waals surface area contributed by atoms with E-state index in [-0.39, 0.29) is 0 Å². The molecule has 0 amide bonds. The molecular weight excluding hydrogens is 244 g/mol. The van der Waals surface area contributed by atoms with E-state index in [1.165, 1.54) is 41.5 Å². The van der Waals surface area contributed by atoms with Crippen LogP contribution in [0.3, 0.4) is 0 Å². The number of aromatic nitrogens is 1. The Morgan fingerprint density at radius 2 is 2.28 bits per heavy atom. The van der Waals surface area contributed by atoms with Crippen LogP contribution in [0.15, 0.2) is 18.2 Å². The standard InChI is InChI=1S/C15H19ClN2/c1-10-13(7-11-3-2-6-17-9-11)14-8-12(16)4-5-15(14)18-10/h4-5,8,11,17-18H,2-3,6-7,9H2,1H3. The molecular formula is C15H19ClN2. The lowest BCUT2D eigenvalue weighted by Gasteiger charge is -2.22. The molecule has 0 radical (unpaired) electrons. The summed E-state index contributed by atoms with van der Waals surface area (Å²) in [4.78, 5) is 3.46. The molecule has 96 valence electrons. The molecule has 1 fully saturated rings. The normalized spacial score (nSPS) is 20.4. The van der Waals surface area contributed by atoms with Gasteiger partial charge >= 0.3 is 0 Å². The number of rotatable bonds is 2. The lowest BCUT2D eigenvalue weighted by atomic mass is 9.91. The molecule has 1 aliphatic heterocycles. The smallest absolute Gasteiger partial charge is 0.0459 e. The quantitative estimate of drug-likeness (QED) is 0.849. The lowest BCUT2D eigenvalue weighted by Crippen LogP contribution is -2.30. The highest BCUT2D eigenvalue weighted by Gasteiger charge is 2.17. The van der Waals surface area contributed by atoms with E-state index < -0.39 is 0 Å². The molecule has 1 aromatic carbocycles. The van der Waals surface area contributed by atoms with Crippen LogP contribution in [0.1, 0.15) is 24.1 Å². The van der Waals surface area contributed by atoms with Gasteiger partial charge in [-0.15, -0.1) is 0 Å². The van der Waals surface area contributed by atoms with E-state index in [4.69, 9.17) is 11.6 Å². The van der Waals surface area contributed by atoms with Crippen LogP contribution >= 0.6 is 11.6 Å². The average molecular weight is 263 g/mol. The van der Waals surface area contributed by atoms with E-state index in [1.807, 2.05) is 6.07 Å². The summed E-state index contributed by atoms with van der Waals surface area (Å²) in [5, 5.41) is 5.61. The predicted molar refractivity (Wildman–Crippen MR) is 77.3 cm³/mol. The van der Waals surface area contributed by atoms with Crippen LogP contribution in [-0.2, 0) is 6.42 Å². The zero-order valence-electron chi connectivity index (χ0n) is 10.7. The molecule has 2 heterocycles. The largest absolute Gasteiger partial charge is 0.358 e. The van der Waals surface area contributed by atoms with Crippen LogP contribution in [0.5, 0.6) is 0 Å². The summed E-state index contributed by atoms with van der Waals surface area (Å²) < 4.78 is 0.